The van der Waals surface area contributed by atoms with Crippen molar-refractivity contribution in [2.24, 2.45) is 0 Å². The van der Waals surface area contributed by atoms with Gasteiger partial charge in [-0.3, -0.25) is 10.1 Å². The van der Waals surface area contributed by atoms with E-state index in [1.807, 2.05) is 11.9 Å². The summed E-state index contributed by atoms with van der Waals surface area (Å²) < 4.78 is 13.5. The van der Waals surface area contributed by atoms with E-state index in [-0.39, 0.29) is 5.56 Å². The van der Waals surface area contributed by atoms with Gasteiger partial charge in [0, 0.05) is 13.1 Å². The Morgan fingerprint density at radius 3 is 2.60 bits per heavy atom. The first-order valence-electron chi connectivity index (χ1n) is 6.92. The highest BCUT2D eigenvalue weighted by Gasteiger charge is 2.21. The summed E-state index contributed by atoms with van der Waals surface area (Å²) in [6.45, 7) is 0. The second-order valence-electron chi connectivity index (χ2n) is 5.14. The highest BCUT2D eigenvalue weighted by Crippen LogP contribution is 2.21. The molecule has 0 heterocycles. The molecule has 0 saturated heterocycles. The quantitative estimate of drug-likeness (QED) is 0.851. The fraction of sp³-hybridized carbons (Fsp3) is 0.467. The molecule has 0 spiro atoms. The minimum atomic E-state index is -0.534. The summed E-state index contributed by atoms with van der Waals surface area (Å²) in [5.74, 6) is -1.02. The molecule has 0 radical (unpaired) electrons. The molecule has 1 aliphatic carbocycles. The van der Waals surface area contributed by atoms with E-state index in [9.17, 15) is 9.18 Å². The number of nitrogens with one attached hydrogen (secondary N) is 1. The Bertz CT molecular complexity index is 500. The molecule has 1 saturated carbocycles. The van der Waals surface area contributed by atoms with Gasteiger partial charge in [-0.2, -0.15) is 0 Å². The van der Waals surface area contributed by atoms with Crippen molar-refractivity contribution in [2.75, 3.05) is 7.05 Å². The SMILES string of the molecule is CN(C(=S)NC(=O)c1ccccc1F)C1CCCCC1. The monoisotopic (exact) mass is 294 g/mol. The van der Waals surface area contributed by atoms with E-state index in [0.717, 1.165) is 12.8 Å². The summed E-state index contributed by atoms with van der Waals surface area (Å²) in [6.07, 6.45) is 5.83. The number of hydrogen-bond acceptors (Lipinski definition) is 2. The van der Waals surface area contributed by atoms with E-state index in [0.29, 0.717) is 11.2 Å². The van der Waals surface area contributed by atoms with E-state index < -0.39 is 11.7 Å². The Morgan fingerprint density at radius 2 is 1.95 bits per heavy atom. The number of thiocarbonyl (C=S) groups is 1. The molecule has 0 atom stereocenters. The summed E-state index contributed by atoms with van der Waals surface area (Å²) in [4.78, 5) is 13.9. The van der Waals surface area contributed by atoms with Crippen LogP contribution in [0, 0.1) is 5.82 Å². The third-order valence-electron chi connectivity index (χ3n) is 3.78. The maximum Gasteiger partial charge on any atom is 0.260 e. The van der Waals surface area contributed by atoms with Crippen LogP contribution in [0.15, 0.2) is 24.3 Å². The molecule has 5 heteroatoms. The molecule has 1 aromatic carbocycles. The molecule has 2 rings (SSSR count). The molecule has 20 heavy (non-hydrogen) atoms. The molecule has 0 aliphatic heterocycles. The molecule has 0 unspecified atom stereocenters. The van der Waals surface area contributed by atoms with Crippen LogP contribution in [0.25, 0.3) is 0 Å². The Labute approximate surface area is 124 Å². The van der Waals surface area contributed by atoms with Gasteiger partial charge in [0.1, 0.15) is 5.82 Å². The lowest BCUT2D eigenvalue weighted by atomic mass is 9.95. The first kappa shape index (κ1) is 14.9. The van der Waals surface area contributed by atoms with Crippen molar-refractivity contribution in [2.45, 2.75) is 38.1 Å². The van der Waals surface area contributed by atoms with Gasteiger partial charge < -0.3 is 4.90 Å². The number of rotatable bonds is 2. The maximum atomic E-state index is 13.5. The number of amides is 1. The van der Waals surface area contributed by atoms with Crippen LogP contribution in [0.3, 0.4) is 0 Å². The number of carbonyl (C=O) groups is 1. The fourth-order valence-electron chi connectivity index (χ4n) is 2.53. The number of carbonyl (C=O) groups excluding carboxylic acids is 1. The first-order valence-corrected chi connectivity index (χ1v) is 7.33. The molecule has 0 bridgehead atoms. The average molecular weight is 294 g/mol. The second-order valence-corrected chi connectivity index (χ2v) is 5.53. The van der Waals surface area contributed by atoms with Crippen LogP contribution in [-0.4, -0.2) is 29.0 Å². The molecule has 3 nitrogen and oxygen atoms in total. The minimum absolute atomic E-state index is 0.0203. The largest absolute Gasteiger partial charge is 0.349 e. The van der Waals surface area contributed by atoms with E-state index in [1.165, 1.54) is 31.4 Å². The normalized spacial score (nSPS) is 15.7. The van der Waals surface area contributed by atoms with Crippen LogP contribution >= 0.6 is 12.2 Å². The van der Waals surface area contributed by atoms with Crippen LogP contribution in [0.2, 0.25) is 0 Å². The Hall–Kier alpha value is -1.49. The van der Waals surface area contributed by atoms with Crippen molar-refractivity contribution in [3.05, 3.63) is 35.6 Å². The average Bonchev–Trinajstić information content (AvgIpc) is 2.47. The Morgan fingerprint density at radius 1 is 1.30 bits per heavy atom. The summed E-state index contributed by atoms with van der Waals surface area (Å²) in [7, 11) is 1.89. The lowest BCUT2D eigenvalue weighted by Gasteiger charge is -2.32. The fourth-order valence-corrected chi connectivity index (χ4v) is 2.77. The van der Waals surface area contributed by atoms with Crippen molar-refractivity contribution in [1.29, 1.82) is 0 Å². The predicted molar refractivity (Wildman–Crippen MR) is 81.1 cm³/mol. The van der Waals surface area contributed by atoms with Crippen molar-refractivity contribution in [3.8, 4) is 0 Å². The molecule has 1 fully saturated rings. The first-order chi connectivity index (χ1) is 9.59. The zero-order valence-electron chi connectivity index (χ0n) is 11.6. The highest BCUT2D eigenvalue weighted by molar-refractivity contribution is 7.80. The minimum Gasteiger partial charge on any atom is -0.349 e. The van der Waals surface area contributed by atoms with Crippen LogP contribution in [0.1, 0.15) is 42.5 Å². The lowest BCUT2D eigenvalue weighted by Crippen LogP contribution is -2.46. The van der Waals surface area contributed by atoms with Crippen molar-refractivity contribution in [3.63, 3.8) is 0 Å². The van der Waals surface area contributed by atoms with Gasteiger partial charge in [-0.05, 0) is 37.2 Å². The van der Waals surface area contributed by atoms with Gasteiger partial charge in [-0.1, -0.05) is 31.4 Å². The van der Waals surface area contributed by atoms with Gasteiger partial charge in [-0.25, -0.2) is 4.39 Å². The third kappa shape index (κ3) is 3.54. The van der Waals surface area contributed by atoms with Crippen LogP contribution in [-0.2, 0) is 0 Å². The molecule has 1 N–H and O–H groups in total. The van der Waals surface area contributed by atoms with E-state index in [4.69, 9.17) is 12.2 Å². The van der Waals surface area contributed by atoms with Gasteiger partial charge in [-0.15, -0.1) is 0 Å². The van der Waals surface area contributed by atoms with E-state index >= 15 is 0 Å². The Balaban J connectivity index is 1.97. The summed E-state index contributed by atoms with van der Waals surface area (Å²) in [6, 6.07) is 6.28. The smallest absolute Gasteiger partial charge is 0.260 e. The molecule has 0 aromatic heterocycles. The molecule has 108 valence electrons. The maximum absolute atomic E-state index is 13.5. The standard InChI is InChI=1S/C15H19FN2OS/c1-18(11-7-3-2-4-8-11)15(20)17-14(19)12-9-5-6-10-13(12)16/h5-6,9-11H,2-4,7-8H2,1H3,(H,17,19,20). The van der Waals surface area contributed by atoms with Crippen LogP contribution in [0.4, 0.5) is 4.39 Å². The third-order valence-corrected chi connectivity index (χ3v) is 4.17. The van der Waals surface area contributed by atoms with E-state index in [2.05, 4.69) is 5.32 Å². The molecular formula is C15H19FN2OS. The molecule has 1 amide bonds. The van der Waals surface area contributed by atoms with Crippen LogP contribution < -0.4 is 5.32 Å². The second kappa shape index (κ2) is 6.79. The zero-order valence-corrected chi connectivity index (χ0v) is 12.4. The highest BCUT2D eigenvalue weighted by atomic mass is 32.1. The van der Waals surface area contributed by atoms with Gasteiger partial charge >= 0.3 is 0 Å². The number of hydrogen-bond donors (Lipinski definition) is 1. The van der Waals surface area contributed by atoms with Gasteiger partial charge in [0.05, 0.1) is 5.56 Å². The van der Waals surface area contributed by atoms with Crippen LogP contribution in [0.5, 0.6) is 0 Å². The number of halogens is 1. The Kier molecular flexibility index (Phi) is 5.06. The van der Waals surface area contributed by atoms with E-state index in [1.54, 1.807) is 12.1 Å². The molecular weight excluding hydrogens is 275 g/mol. The van der Waals surface area contributed by atoms with Crippen molar-refractivity contribution in [1.82, 2.24) is 10.2 Å². The topological polar surface area (TPSA) is 32.3 Å². The summed E-state index contributed by atoms with van der Waals surface area (Å²) in [5, 5.41) is 2.98. The summed E-state index contributed by atoms with van der Waals surface area (Å²) in [5.41, 5.74) is 0.0203. The number of benzene rings is 1. The predicted octanol–water partition coefficient (Wildman–Crippen LogP) is 3.10. The van der Waals surface area contributed by atoms with Crippen molar-refractivity contribution >= 4 is 23.2 Å². The van der Waals surface area contributed by atoms with Gasteiger partial charge in [0.2, 0.25) is 0 Å². The van der Waals surface area contributed by atoms with Gasteiger partial charge in [0.15, 0.2) is 5.11 Å². The lowest BCUT2D eigenvalue weighted by molar-refractivity contribution is 0.0968. The molecule has 1 aliphatic rings. The summed E-state index contributed by atoms with van der Waals surface area (Å²) >= 11 is 5.25. The zero-order chi connectivity index (χ0) is 14.5. The van der Waals surface area contributed by atoms with Crippen molar-refractivity contribution < 1.29 is 9.18 Å². The molecule has 1 aromatic rings. The van der Waals surface area contributed by atoms with Gasteiger partial charge in [0.25, 0.3) is 5.91 Å². The number of nitrogens with zero attached hydrogens (tertiary/aromatic N) is 1.